The quantitative estimate of drug-likeness (QED) is 0.754. The number of carbonyl (C=O) groups is 2. The van der Waals surface area contributed by atoms with Crippen LogP contribution in [0.25, 0.3) is 11.0 Å². The van der Waals surface area contributed by atoms with Crippen LogP contribution in [-0.4, -0.2) is 25.0 Å². The van der Waals surface area contributed by atoms with Crippen LogP contribution < -0.4 is 20.8 Å². The Kier molecular flexibility index (Phi) is 5.00. The summed E-state index contributed by atoms with van der Waals surface area (Å²) in [4.78, 5) is 33.4. The molecule has 1 heterocycles. The van der Waals surface area contributed by atoms with Crippen LogP contribution in [-0.2, 0) is 9.59 Å². The van der Waals surface area contributed by atoms with Crippen molar-refractivity contribution in [3.05, 3.63) is 39.7 Å². The number of carboxylic acid groups (broad SMARTS) is 1. The second kappa shape index (κ2) is 6.95. The van der Waals surface area contributed by atoms with Gasteiger partial charge in [0.15, 0.2) is 6.61 Å². The van der Waals surface area contributed by atoms with Gasteiger partial charge in [-0.2, -0.15) is 0 Å². The van der Waals surface area contributed by atoms with Crippen molar-refractivity contribution in [3.8, 4) is 5.75 Å². The smallest absolute Gasteiger partial charge is 0.339 e. The van der Waals surface area contributed by atoms with Crippen molar-refractivity contribution in [2.45, 2.75) is 20.3 Å². The van der Waals surface area contributed by atoms with Gasteiger partial charge < -0.3 is 24.4 Å². The number of hydrogen-bond acceptors (Lipinski definition) is 6. The zero-order chi connectivity index (χ0) is 17.0. The van der Waals surface area contributed by atoms with E-state index in [2.05, 4.69) is 5.32 Å². The van der Waals surface area contributed by atoms with E-state index in [-0.39, 0.29) is 19.6 Å². The zero-order valence-corrected chi connectivity index (χ0v) is 12.8. The summed E-state index contributed by atoms with van der Waals surface area (Å²) in [7, 11) is 0. The molecular formula is C16H16NO6-. The molecule has 0 radical (unpaired) electrons. The molecular weight excluding hydrogens is 302 g/mol. The lowest BCUT2D eigenvalue weighted by Crippen LogP contribution is -2.33. The molecule has 2 aromatic rings. The van der Waals surface area contributed by atoms with Gasteiger partial charge in [-0.25, -0.2) is 4.79 Å². The topological polar surface area (TPSA) is 109 Å². The predicted molar refractivity (Wildman–Crippen MR) is 80.1 cm³/mol. The highest BCUT2D eigenvalue weighted by molar-refractivity contribution is 5.82. The van der Waals surface area contributed by atoms with Crippen molar-refractivity contribution in [1.29, 1.82) is 0 Å². The van der Waals surface area contributed by atoms with E-state index < -0.39 is 17.5 Å². The lowest BCUT2D eigenvalue weighted by atomic mass is 10.1. The van der Waals surface area contributed by atoms with Crippen molar-refractivity contribution in [3.63, 3.8) is 0 Å². The third kappa shape index (κ3) is 4.09. The third-order valence-corrected chi connectivity index (χ3v) is 3.45. The van der Waals surface area contributed by atoms with Crippen molar-refractivity contribution < 1.29 is 23.8 Å². The van der Waals surface area contributed by atoms with Gasteiger partial charge in [-0.1, -0.05) is 0 Å². The number of benzene rings is 1. The van der Waals surface area contributed by atoms with E-state index in [9.17, 15) is 19.5 Å². The Morgan fingerprint density at radius 2 is 2.00 bits per heavy atom. The van der Waals surface area contributed by atoms with E-state index in [1.54, 1.807) is 19.1 Å². The molecule has 0 saturated carbocycles. The third-order valence-electron chi connectivity index (χ3n) is 3.45. The van der Waals surface area contributed by atoms with E-state index >= 15 is 0 Å². The molecule has 0 unspecified atom stereocenters. The van der Waals surface area contributed by atoms with Crippen molar-refractivity contribution in [1.82, 2.24) is 5.32 Å². The monoisotopic (exact) mass is 318 g/mol. The van der Waals surface area contributed by atoms with Crippen LogP contribution in [0.2, 0.25) is 0 Å². The van der Waals surface area contributed by atoms with Crippen molar-refractivity contribution in [2.24, 2.45) is 0 Å². The SMILES string of the molecule is Cc1c(C)c2ccc(OCC(=O)NCCC(=O)[O-])cc2oc1=O. The number of aryl methyl sites for hydroxylation is 1. The molecule has 0 fully saturated rings. The van der Waals surface area contributed by atoms with Gasteiger partial charge in [0.05, 0.1) is 0 Å². The van der Waals surface area contributed by atoms with Gasteiger partial charge in [0.25, 0.3) is 5.91 Å². The van der Waals surface area contributed by atoms with Gasteiger partial charge in [0.2, 0.25) is 0 Å². The van der Waals surface area contributed by atoms with Crippen molar-refractivity contribution >= 4 is 22.8 Å². The second-order valence-corrected chi connectivity index (χ2v) is 5.06. The summed E-state index contributed by atoms with van der Waals surface area (Å²) in [5.74, 6) is -1.31. The minimum absolute atomic E-state index is 0.0183. The second-order valence-electron chi connectivity index (χ2n) is 5.06. The molecule has 0 bridgehead atoms. The molecule has 7 heteroatoms. The highest BCUT2D eigenvalue weighted by atomic mass is 16.5. The van der Waals surface area contributed by atoms with Crippen LogP contribution in [0.4, 0.5) is 0 Å². The van der Waals surface area contributed by atoms with E-state index in [1.165, 1.54) is 6.07 Å². The molecule has 0 spiro atoms. The number of hydrogen-bond donors (Lipinski definition) is 1. The Bertz CT molecular complexity index is 808. The first-order chi connectivity index (χ1) is 10.9. The summed E-state index contributed by atoms with van der Waals surface area (Å²) >= 11 is 0. The molecule has 1 aromatic heterocycles. The van der Waals surface area contributed by atoms with E-state index in [0.717, 1.165) is 10.9 Å². The Morgan fingerprint density at radius 1 is 1.26 bits per heavy atom. The maximum absolute atomic E-state index is 11.7. The fourth-order valence-electron chi connectivity index (χ4n) is 2.02. The maximum Gasteiger partial charge on any atom is 0.339 e. The molecule has 2 rings (SSSR count). The largest absolute Gasteiger partial charge is 0.550 e. The highest BCUT2D eigenvalue weighted by Crippen LogP contribution is 2.23. The van der Waals surface area contributed by atoms with Crippen molar-refractivity contribution in [2.75, 3.05) is 13.2 Å². The minimum Gasteiger partial charge on any atom is -0.550 e. The van der Waals surface area contributed by atoms with Gasteiger partial charge in [0.1, 0.15) is 11.3 Å². The average molecular weight is 318 g/mol. The van der Waals surface area contributed by atoms with Crippen LogP contribution in [0.1, 0.15) is 17.5 Å². The highest BCUT2D eigenvalue weighted by Gasteiger charge is 2.09. The van der Waals surface area contributed by atoms with Gasteiger partial charge >= 0.3 is 5.63 Å². The molecule has 7 nitrogen and oxygen atoms in total. The normalized spacial score (nSPS) is 10.5. The predicted octanol–water partition coefficient (Wildman–Crippen LogP) is 0.0448. The molecule has 122 valence electrons. The van der Waals surface area contributed by atoms with Gasteiger partial charge in [-0.05, 0) is 31.5 Å². The fourth-order valence-corrected chi connectivity index (χ4v) is 2.02. The zero-order valence-electron chi connectivity index (χ0n) is 12.8. The Morgan fingerprint density at radius 3 is 2.70 bits per heavy atom. The first-order valence-corrected chi connectivity index (χ1v) is 7.02. The van der Waals surface area contributed by atoms with Gasteiger partial charge in [0, 0.05) is 36.0 Å². The van der Waals surface area contributed by atoms with Crippen LogP contribution in [0.5, 0.6) is 5.75 Å². The number of rotatable bonds is 6. The van der Waals surface area contributed by atoms with Crippen LogP contribution in [0, 0.1) is 13.8 Å². The first kappa shape index (κ1) is 16.5. The summed E-state index contributed by atoms with van der Waals surface area (Å²) in [6, 6.07) is 4.96. The summed E-state index contributed by atoms with van der Waals surface area (Å²) < 4.78 is 10.5. The number of amides is 1. The van der Waals surface area contributed by atoms with Crippen LogP contribution in [0.3, 0.4) is 0 Å². The molecule has 1 amide bonds. The molecule has 0 saturated heterocycles. The van der Waals surface area contributed by atoms with Crippen LogP contribution in [0.15, 0.2) is 27.4 Å². The Balaban J connectivity index is 2.04. The number of ether oxygens (including phenoxy) is 1. The summed E-state index contributed by atoms with van der Waals surface area (Å²) in [6.07, 6.45) is -0.258. The molecule has 1 N–H and O–H groups in total. The fraction of sp³-hybridized carbons (Fsp3) is 0.312. The minimum atomic E-state index is -1.23. The number of carbonyl (C=O) groups excluding carboxylic acids is 2. The average Bonchev–Trinajstić information content (AvgIpc) is 2.50. The lowest BCUT2D eigenvalue weighted by Gasteiger charge is -2.09. The number of aliphatic carboxylic acids is 1. The molecule has 1 aromatic carbocycles. The summed E-state index contributed by atoms with van der Waals surface area (Å²) in [5, 5.41) is 13.4. The number of carboxylic acids is 1. The van der Waals surface area contributed by atoms with Gasteiger partial charge in [-0.15, -0.1) is 0 Å². The van der Waals surface area contributed by atoms with E-state index in [1.807, 2.05) is 6.92 Å². The molecule has 0 atom stereocenters. The Labute approximate surface area is 131 Å². The lowest BCUT2D eigenvalue weighted by molar-refractivity contribution is -0.305. The van der Waals surface area contributed by atoms with Gasteiger partial charge in [-0.3, -0.25) is 4.79 Å². The standard InChI is InChI=1S/C16H17NO6/c1-9-10(2)16(21)23-13-7-11(3-4-12(9)13)22-8-14(18)17-6-5-15(19)20/h3-4,7H,5-6,8H2,1-2H3,(H,17,18)(H,19,20)/p-1. The molecule has 0 aliphatic rings. The van der Waals surface area contributed by atoms with Crippen LogP contribution >= 0.6 is 0 Å². The molecule has 0 aliphatic carbocycles. The van der Waals surface area contributed by atoms with E-state index in [4.69, 9.17) is 9.15 Å². The van der Waals surface area contributed by atoms with E-state index in [0.29, 0.717) is 16.9 Å². The first-order valence-electron chi connectivity index (χ1n) is 7.02. The Hall–Kier alpha value is -2.83. The summed E-state index contributed by atoms with van der Waals surface area (Å²) in [6.45, 7) is 3.24. The number of fused-ring (bicyclic) bond motifs is 1. The number of nitrogens with one attached hydrogen (secondary N) is 1. The summed E-state index contributed by atoms with van der Waals surface area (Å²) in [5.41, 5.74) is 1.36. The maximum atomic E-state index is 11.7. The molecule has 0 aliphatic heterocycles. The molecule has 23 heavy (non-hydrogen) atoms.